The minimum Gasteiger partial charge on any atom is -0.343 e. The first kappa shape index (κ1) is 54.4. The molecule has 2 unspecified atom stereocenters. The number of carbonyl (C=O) groups excluding carboxylic acids is 2. The molecule has 2 amide bonds. The van der Waals surface area contributed by atoms with Crippen molar-refractivity contribution < 1.29 is 9.59 Å². The van der Waals surface area contributed by atoms with Crippen LogP contribution in [-0.4, -0.2) is 47.8 Å². The summed E-state index contributed by atoms with van der Waals surface area (Å²) in [6, 6.07) is 0. The van der Waals surface area contributed by atoms with E-state index in [2.05, 4.69) is 75.6 Å². The Hall–Kier alpha value is -1.58. The number of allylic oxidation sites excluding steroid dienone is 4. The smallest absolute Gasteiger partial charge is 0.225 e. The fraction of sp³-hybridized carbons (Fsp3) is 0.885. The molecule has 330 valence electrons. The number of amides is 2. The zero-order chi connectivity index (χ0) is 41.2. The van der Waals surface area contributed by atoms with Crippen LogP contribution in [0.4, 0.5) is 0 Å². The van der Waals surface area contributed by atoms with Crippen LogP contribution in [0, 0.1) is 11.8 Å². The van der Waals surface area contributed by atoms with Crippen LogP contribution in [0.2, 0.25) is 0 Å². The maximum Gasteiger partial charge on any atom is 0.225 e. The van der Waals surface area contributed by atoms with E-state index in [1.807, 2.05) is 0 Å². The maximum atomic E-state index is 13.4. The minimum atomic E-state index is 0.205. The largest absolute Gasteiger partial charge is 0.343 e. The van der Waals surface area contributed by atoms with Gasteiger partial charge in [-0.1, -0.05) is 179 Å². The first-order chi connectivity index (χ1) is 27.5. The van der Waals surface area contributed by atoms with E-state index >= 15 is 0 Å². The Morgan fingerprint density at radius 1 is 0.321 bits per heavy atom. The molecule has 0 heterocycles. The minimum absolute atomic E-state index is 0.205. The van der Waals surface area contributed by atoms with Gasteiger partial charge in [0, 0.05) is 38.0 Å². The Morgan fingerprint density at radius 2 is 0.536 bits per heavy atom. The molecule has 0 aromatic carbocycles. The topological polar surface area (TPSA) is 40.6 Å². The molecular formula is C52H100N2O2. The van der Waals surface area contributed by atoms with Gasteiger partial charge in [-0.3, -0.25) is 9.59 Å². The van der Waals surface area contributed by atoms with Crippen molar-refractivity contribution in [3.05, 3.63) is 24.3 Å². The highest BCUT2D eigenvalue weighted by atomic mass is 16.2. The summed E-state index contributed by atoms with van der Waals surface area (Å²) in [5, 5.41) is 0. The summed E-state index contributed by atoms with van der Waals surface area (Å²) in [6.07, 6.45) is 52.5. The molecule has 0 spiro atoms. The van der Waals surface area contributed by atoms with E-state index in [4.69, 9.17) is 0 Å². The quantitative estimate of drug-likeness (QED) is 0.0456. The molecule has 2 atom stereocenters. The van der Waals surface area contributed by atoms with Crippen molar-refractivity contribution in [1.82, 2.24) is 9.80 Å². The van der Waals surface area contributed by atoms with E-state index in [-0.39, 0.29) is 11.8 Å². The molecule has 4 heteroatoms. The van der Waals surface area contributed by atoms with Gasteiger partial charge < -0.3 is 9.80 Å². The van der Waals surface area contributed by atoms with Crippen molar-refractivity contribution in [3.8, 4) is 0 Å². The SMILES string of the molecule is CCCCCC/C=C\CCCCCCCCC(CCCCCCCCC(CCCCCCCC/C=C\CCCCCC)C(=O)N(CC)CC)C(=O)N(CC)CC. The van der Waals surface area contributed by atoms with E-state index in [0.717, 1.165) is 51.9 Å². The highest BCUT2D eigenvalue weighted by molar-refractivity contribution is 5.79. The summed E-state index contributed by atoms with van der Waals surface area (Å²) >= 11 is 0. The summed E-state index contributed by atoms with van der Waals surface area (Å²) in [5.74, 6) is 1.21. The summed E-state index contributed by atoms with van der Waals surface area (Å²) < 4.78 is 0. The van der Waals surface area contributed by atoms with Gasteiger partial charge in [-0.25, -0.2) is 0 Å². The second kappa shape index (κ2) is 43.0. The average molecular weight is 785 g/mol. The van der Waals surface area contributed by atoms with Gasteiger partial charge >= 0.3 is 0 Å². The summed E-state index contributed by atoms with van der Waals surface area (Å²) in [6.45, 7) is 16.4. The molecule has 0 aliphatic carbocycles. The van der Waals surface area contributed by atoms with E-state index in [1.54, 1.807) is 0 Å². The standard InChI is InChI=1S/C52H100N2O2/c1-7-13-15-17-19-21-23-25-27-29-31-33-37-41-45-49(51(55)53(9-3)10-4)47-43-39-35-36-40-44-48-50(52(56)54(11-5)12-6)46-42-38-34-32-30-28-26-24-22-20-18-16-14-8-2/h21-24,49-50H,7-20,25-48H2,1-6H3/b23-21-,24-22-. The van der Waals surface area contributed by atoms with Crippen LogP contribution in [0.25, 0.3) is 0 Å². The lowest BCUT2D eigenvalue weighted by atomic mass is 9.91. The van der Waals surface area contributed by atoms with Gasteiger partial charge in [0.15, 0.2) is 0 Å². The summed E-state index contributed by atoms with van der Waals surface area (Å²) in [5.41, 5.74) is 0. The van der Waals surface area contributed by atoms with Crippen molar-refractivity contribution >= 4 is 11.8 Å². The lowest BCUT2D eigenvalue weighted by Crippen LogP contribution is -2.36. The highest BCUT2D eigenvalue weighted by Gasteiger charge is 2.23. The number of carbonyl (C=O) groups is 2. The Balaban J connectivity index is 4.36. The van der Waals surface area contributed by atoms with Crippen LogP contribution < -0.4 is 0 Å². The molecule has 4 nitrogen and oxygen atoms in total. The fourth-order valence-corrected chi connectivity index (χ4v) is 8.43. The van der Waals surface area contributed by atoms with Gasteiger partial charge in [0.05, 0.1) is 0 Å². The Bertz CT molecular complexity index is 817. The van der Waals surface area contributed by atoms with Crippen LogP contribution in [-0.2, 0) is 9.59 Å². The number of rotatable bonds is 43. The van der Waals surface area contributed by atoms with Gasteiger partial charge in [-0.2, -0.15) is 0 Å². The van der Waals surface area contributed by atoms with Crippen molar-refractivity contribution in [3.63, 3.8) is 0 Å². The lowest BCUT2D eigenvalue weighted by Gasteiger charge is -2.25. The number of nitrogens with zero attached hydrogens (tertiary/aromatic N) is 2. The van der Waals surface area contributed by atoms with Crippen LogP contribution in [0.1, 0.15) is 260 Å². The fourth-order valence-electron chi connectivity index (χ4n) is 8.43. The van der Waals surface area contributed by atoms with Gasteiger partial charge in [-0.05, 0) is 105 Å². The third-order valence-corrected chi connectivity index (χ3v) is 12.3. The van der Waals surface area contributed by atoms with Crippen LogP contribution in [0.15, 0.2) is 24.3 Å². The normalized spacial score (nSPS) is 12.9. The predicted molar refractivity (Wildman–Crippen MR) is 249 cm³/mol. The third kappa shape index (κ3) is 32.4. The van der Waals surface area contributed by atoms with E-state index in [9.17, 15) is 9.59 Å². The zero-order valence-electron chi connectivity index (χ0n) is 39.0. The Kier molecular flexibility index (Phi) is 41.8. The van der Waals surface area contributed by atoms with Gasteiger partial charge in [-0.15, -0.1) is 0 Å². The third-order valence-electron chi connectivity index (χ3n) is 12.3. The molecule has 56 heavy (non-hydrogen) atoms. The van der Waals surface area contributed by atoms with Gasteiger partial charge in [0.2, 0.25) is 11.8 Å². The van der Waals surface area contributed by atoms with Crippen molar-refractivity contribution in [1.29, 1.82) is 0 Å². The predicted octanol–water partition coefficient (Wildman–Crippen LogP) is 16.4. The maximum absolute atomic E-state index is 13.4. The molecule has 0 N–H and O–H groups in total. The molecule has 0 rings (SSSR count). The first-order valence-electron chi connectivity index (χ1n) is 25.4. The molecule has 0 aromatic rings. The average Bonchev–Trinajstić information content (AvgIpc) is 3.21. The molecule has 0 saturated heterocycles. The first-order valence-corrected chi connectivity index (χ1v) is 25.4. The van der Waals surface area contributed by atoms with Crippen LogP contribution in [0.5, 0.6) is 0 Å². The number of hydrogen-bond acceptors (Lipinski definition) is 2. The van der Waals surface area contributed by atoms with E-state index < -0.39 is 0 Å². The van der Waals surface area contributed by atoms with Crippen molar-refractivity contribution in [2.75, 3.05) is 26.2 Å². The molecule has 0 bridgehead atoms. The molecule has 0 aliphatic rings. The number of hydrogen-bond donors (Lipinski definition) is 0. The Morgan fingerprint density at radius 3 is 0.768 bits per heavy atom. The number of unbranched alkanes of at least 4 members (excludes halogenated alkanes) is 25. The molecule has 0 aliphatic heterocycles. The van der Waals surface area contributed by atoms with Crippen molar-refractivity contribution in [2.45, 2.75) is 260 Å². The van der Waals surface area contributed by atoms with Crippen molar-refractivity contribution in [2.24, 2.45) is 11.8 Å². The van der Waals surface area contributed by atoms with E-state index in [0.29, 0.717) is 11.8 Å². The van der Waals surface area contributed by atoms with Gasteiger partial charge in [0.1, 0.15) is 0 Å². The highest BCUT2D eigenvalue weighted by Crippen LogP contribution is 2.24. The lowest BCUT2D eigenvalue weighted by molar-refractivity contribution is -0.136. The molecule has 0 fully saturated rings. The molecule has 0 radical (unpaired) electrons. The second-order valence-corrected chi connectivity index (χ2v) is 17.2. The molecular weight excluding hydrogens is 685 g/mol. The van der Waals surface area contributed by atoms with E-state index in [1.165, 1.54) is 193 Å². The van der Waals surface area contributed by atoms with Crippen LogP contribution in [0.3, 0.4) is 0 Å². The molecule has 0 saturated carbocycles. The summed E-state index contributed by atoms with van der Waals surface area (Å²) in [4.78, 5) is 30.9. The summed E-state index contributed by atoms with van der Waals surface area (Å²) in [7, 11) is 0. The van der Waals surface area contributed by atoms with Gasteiger partial charge in [0.25, 0.3) is 0 Å². The Labute approximate surface area is 352 Å². The van der Waals surface area contributed by atoms with Crippen LogP contribution >= 0.6 is 0 Å². The second-order valence-electron chi connectivity index (χ2n) is 17.2. The monoisotopic (exact) mass is 785 g/mol. The zero-order valence-corrected chi connectivity index (χ0v) is 39.0. The molecule has 0 aromatic heterocycles.